The fourth-order valence-electron chi connectivity index (χ4n) is 2.23. The summed E-state index contributed by atoms with van der Waals surface area (Å²) >= 11 is 7.54. The summed E-state index contributed by atoms with van der Waals surface area (Å²) in [4.78, 5) is 1.25. The molecule has 1 aliphatic carbocycles. The van der Waals surface area contributed by atoms with Gasteiger partial charge in [-0.05, 0) is 30.9 Å². The molecule has 15 heavy (non-hydrogen) atoms. The molecular formula is C11H17Cl2NS. The Kier molecular flexibility index (Phi) is 5.41. The van der Waals surface area contributed by atoms with Crippen molar-refractivity contribution in [1.29, 1.82) is 0 Å². The van der Waals surface area contributed by atoms with Crippen molar-refractivity contribution in [3.05, 3.63) is 21.3 Å². The highest BCUT2D eigenvalue weighted by molar-refractivity contribution is 7.16. The van der Waals surface area contributed by atoms with Crippen molar-refractivity contribution in [2.45, 2.75) is 38.1 Å². The van der Waals surface area contributed by atoms with Crippen molar-refractivity contribution in [3.63, 3.8) is 0 Å². The number of halogens is 2. The van der Waals surface area contributed by atoms with Gasteiger partial charge in [-0.2, -0.15) is 0 Å². The second kappa shape index (κ2) is 6.09. The van der Waals surface area contributed by atoms with Gasteiger partial charge >= 0.3 is 0 Å². The number of hydrogen-bond donors (Lipinski definition) is 1. The van der Waals surface area contributed by atoms with Crippen LogP contribution < -0.4 is 5.73 Å². The molecule has 1 fully saturated rings. The maximum Gasteiger partial charge on any atom is 0.0931 e. The first kappa shape index (κ1) is 13.3. The monoisotopic (exact) mass is 265 g/mol. The minimum Gasteiger partial charge on any atom is -0.323 e. The average Bonchev–Trinajstić information content (AvgIpc) is 2.65. The molecule has 4 heteroatoms. The second-order valence-electron chi connectivity index (χ2n) is 4.07. The van der Waals surface area contributed by atoms with Crippen LogP contribution in [0.15, 0.2) is 12.1 Å². The molecule has 1 heterocycles. The highest BCUT2D eigenvalue weighted by Gasteiger charge is 2.22. The standard InChI is InChI=1S/C11H16ClNS.ClH/c12-10-7-6-9(14-10)11(13)8-4-2-1-3-5-8;/h6-8,11H,1-5,13H2;1H/t11-;/m1./s1. The minimum atomic E-state index is 0. The summed E-state index contributed by atoms with van der Waals surface area (Å²) in [5.41, 5.74) is 6.23. The van der Waals surface area contributed by atoms with Gasteiger partial charge in [-0.15, -0.1) is 23.7 Å². The number of thiophene rings is 1. The Labute approximate surface area is 106 Å². The SMILES string of the molecule is Cl.N[C@@H](c1ccc(Cl)s1)C1CCCCC1. The Bertz CT molecular complexity index is 295. The highest BCUT2D eigenvalue weighted by Crippen LogP contribution is 2.36. The summed E-state index contributed by atoms with van der Waals surface area (Å²) in [6, 6.07) is 4.24. The summed E-state index contributed by atoms with van der Waals surface area (Å²) < 4.78 is 0.853. The first-order valence-corrected chi connectivity index (χ1v) is 6.47. The fourth-order valence-corrected chi connectivity index (χ4v) is 3.39. The van der Waals surface area contributed by atoms with E-state index in [0.717, 1.165) is 4.34 Å². The van der Waals surface area contributed by atoms with E-state index in [-0.39, 0.29) is 18.4 Å². The van der Waals surface area contributed by atoms with Gasteiger partial charge in [0.05, 0.1) is 4.34 Å². The van der Waals surface area contributed by atoms with Crippen molar-refractivity contribution in [2.75, 3.05) is 0 Å². The maximum absolute atomic E-state index is 6.23. The topological polar surface area (TPSA) is 26.0 Å². The minimum absolute atomic E-state index is 0. The predicted molar refractivity (Wildman–Crippen MR) is 70.1 cm³/mol. The molecule has 0 aliphatic heterocycles. The molecule has 0 spiro atoms. The average molecular weight is 266 g/mol. The number of rotatable bonds is 2. The molecule has 0 unspecified atom stereocenters. The van der Waals surface area contributed by atoms with Gasteiger partial charge in [0.15, 0.2) is 0 Å². The number of hydrogen-bond acceptors (Lipinski definition) is 2. The highest BCUT2D eigenvalue weighted by atomic mass is 35.5. The maximum atomic E-state index is 6.23. The van der Waals surface area contributed by atoms with Crippen molar-refractivity contribution in [3.8, 4) is 0 Å². The van der Waals surface area contributed by atoms with E-state index < -0.39 is 0 Å². The second-order valence-corrected chi connectivity index (χ2v) is 5.81. The van der Waals surface area contributed by atoms with Crippen LogP contribution in [0.3, 0.4) is 0 Å². The Hall–Kier alpha value is 0.240. The lowest BCUT2D eigenvalue weighted by molar-refractivity contribution is 0.311. The van der Waals surface area contributed by atoms with Crippen LogP contribution in [0.25, 0.3) is 0 Å². The van der Waals surface area contributed by atoms with E-state index in [1.807, 2.05) is 6.07 Å². The molecule has 2 rings (SSSR count). The van der Waals surface area contributed by atoms with Crippen LogP contribution in [0.4, 0.5) is 0 Å². The zero-order valence-electron chi connectivity index (χ0n) is 8.62. The van der Waals surface area contributed by atoms with E-state index in [1.165, 1.54) is 37.0 Å². The van der Waals surface area contributed by atoms with Crippen LogP contribution in [0.2, 0.25) is 4.34 Å². The van der Waals surface area contributed by atoms with Gasteiger partial charge in [0.25, 0.3) is 0 Å². The summed E-state index contributed by atoms with van der Waals surface area (Å²) in [7, 11) is 0. The third-order valence-electron chi connectivity index (χ3n) is 3.08. The van der Waals surface area contributed by atoms with E-state index in [1.54, 1.807) is 11.3 Å². The molecule has 86 valence electrons. The molecule has 0 radical (unpaired) electrons. The Morgan fingerprint density at radius 2 is 1.93 bits per heavy atom. The van der Waals surface area contributed by atoms with Crippen LogP contribution in [0, 0.1) is 5.92 Å². The van der Waals surface area contributed by atoms with Crippen LogP contribution >= 0.6 is 35.3 Å². The van der Waals surface area contributed by atoms with E-state index in [2.05, 4.69) is 6.07 Å². The first-order valence-electron chi connectivity index (χ1n) is 5.28. The third-order valence-corrected chi connectivity index (χ3v) is 4.41. The van der Waals surface area contributed by atoms with Crippen LogP contribution in [0.1, 0.15) is 43.0 Å². The van der Waals surface area contributed by atoms with Gasteiger partial charge in [-0.1, -0.05) is 30.9 Å². The van der Waals surface area contributed by atoms with Gasteiger partial charge in [0, 0.05) is 10.9 Å². The summed E-state index contributed by atoms with van der Waals surface area (Å²) in [5.74, 6) is 0.679. The molecule has 1 aromatic heterocycles. The molecule has 0 bridgehead atoms. The first-order chi connectivity index (χ1) is 6.77. The van der Waals surface area contributed by atoms with Gasteiger partial charge < -0.3 is 5.73 Å². The normalized spacial score (nSPS) is 19.6. The molecule has 1 saturated carbocycles. The molecule has 2 N–H and O–H groups in total. The largest absolute Gasteiger partial charge is 0.323 e. The third kappa shape index (κ3) is 3.35. The van der Waals surface area contributed by atoms with Gasteiger partial charge in [0.2, 0.25) is 0 Å². The lowest BCUT2D eigenvalue weighted by Gasteiger charge is -2.26. The lowest BCUT2D eigenvalue weighted by atomic mass is 9.84. The van der Waals surface area contributed by atoms with Crippen LogP contribution in [-0.4, -0.2) is 0 Å². The molecule has 1 aromatic rings. The summed E-state index contributed by atoms with van der Waals surface area (Å²) in [6.07, 6.45) is 6.65. The predicted octanol–water partition coefficient (Wildman–Crippen LogP) is 4.40. The smallest absolute Gasteiger partial charge is 0.0931 e. The van der Waals surface area contributed by atoms with E-state index in [0.29, 0.717) is 5.92 Å². The van der Waals surface area contributed by atoms with Crippen molar-refractivity contribution in [2.24, 2.45) is 11.7 Å². The van der Waals surface area contributed by atoms with Gasteiger partial charge in [-0.3, -0.25) is 0 Å². The Balaban J connectivity index is 0.00000112. The number of nitrogens with two attached hydrogens (primary N) is 1. The van der Waals surface area contributed by atoms with E-state index >= 15 is 0 Å². The van der Waals surface area contributed by atoms with E-state index in [4.69, 9.17) is 17.3 Å². The Morgan fingerprint density at radius 3 is 2.47 bits per heavy atom. The fraction of sp³-hybridized carbons (Fsp3) is 0.636. The quantitative estimate of drug-likeness (QED) is 0.843. The summed E-state index contributed by atoms with van der Waals surface area (Å²) in [5, 5.41) is 0. The van der Waals surface area contributed by atoms with Crippen LogP contribution in [-0.2, 0) is 0 Å². The molecule has 0 aromatic carbocycles. The lowest BCUT2D eigenvalue weighted by Crippen LogP contribution is -2.22. The molecule has 0 saturated heterocycles. The van der Waals surface area contributed by atoms with E-state index in [9.17, 15) is 0 Å². The van der Waals surface area contributed by atoms with Crippen molar-refractivity contribution >= 4 is 35.3 Å². The Morgan fingerprint density at radius 1 is 1.27 bits per heavy atom. The van der Waals surface area contributed by atoms with Gasteiger partial charge in [0.1, 0.15) is 0 Å². The molecule has 1 nitrogen and oxygen atoms in total. The van der Waals surface area contributed by atoms with Crippen LogP contribution in [0.5, 0.6) is 0 Å². The molecule has 1 aliphatic rings. The molecule has 0 amide bonds. The van der Waals surface area contributed by atoms with Gasteiger partial charge in [-0.25, -0.2) is 0 Å². The summed E-state index contributed by atoms with van der Waals surface area (Å²) in [6.45, 7) is 0. The zero-order chi connectivity index (χ0) is 9.97. The molecule has 1 atom stereocenters. The molecular weight excluding hydrogens is 249 g/mol. The zero-order valence-corrected chi connectivity index (χ0v) is 11.0. The van der Waals surface area contributed by atoms with Crippen molar-refractivity contribution < 1.29 is 0 Å². The van der Waals surface area contributed by atoms with Crippen molar-refractivity contribution in [1.82, 2.24) is 0 Å².